The smallest absolute Gasteiger partial charge is 0.272 e. The first kappa shape index (κ1) is 14.9. The second-order valence-corrected chi connectivity index (χ2v) is 5.59. The molecule has 0 spiro atoms. The van der Waals surface area contributed by atoms with Crippen LogP contribution in [0.2, 0.25) is 0 Å². The van der Waals surface area contributed by atoms with E-state index in [0.29, 0.717) is 12.0 Å². The van der Waals surface area contributed by atoms with E-state index in [1.54, 1.807) is 13.0 Å². The Morgan fingerprint density at radius 2 is 2.20 bits per heavy atom. The molecule has 0 saturated heterocycles. The third-order valence-electron chi connectivity index (χ3n) is 4.11. The number of aliphatic hydroxyl groups is 1. The van der Waals surface area contributed by atoms with Crippen LogP contribution in [0.5, 0.6) is 0 Å². The summed E-state index contributed by atoms with van der Waals surface area (Å²) < 4.78 is 0. The fraction of sp³-hybridized carbons (Fsp3) is 0.600. The second-order valence-electron chi connectivity index (χ2n) is 5.59. The van der Waals surface area contributed by atoms with Crippen LogP contribution in [-0.2, 0) is 0 Å². The van der Waals surface area contributed by atoms with Crippen LogP contribution in [0.4, 0.5) is 5.69 Å². The van der Waals surface area contributed by atoms with Crippen LogP contribution >= 0.6 is 0 Å². The maximum atomic E-state index is 11.0. The molecular weight excluding hydrogens is 256 g/mol. The first-order chi connectivity index (χ1) is 9.54. The van der Waals surface area contributed by atoms with Crippen molar-refractivity contribution < 1.29 is 10.0 Å². The number of benzene rings is 1. The molecular formula is C15H22N2O3. The molecule has 1 saturated carbocycles. The first-order valence-electron chi connectivity index (χ1n) is 7.15. The van der Waals surface area contributed by atoms with E-state index < -0.39 is 0 Å². The van der Waals surface area contributed by atoms with Gasteiger partial charge in [0.15, 0.2) is 0 Å². The van der Waals surface area contributed by atoms with E-state index >= 15 is 0 Å². The van der Waals surface area contributed by atoms with Crippen LogP contribution in [0.15, 0.2) is 18.2 Å². The molecule has 0 aliphatic heterocycles. The Hall–Kier alpha value is -1.46. The lowest BCUT2D eigenvalue weighted by molar-refractivity contribution is -0.385. The molecule has 20 heavy (non-hydrogen) atoms. The number of nitro benzene ring substituents is 1. The van der Waals surface area contributed by atoms with Crippen molar-refractivity contribution in [3.8, 4) is 0 Å². The van der Waals surface area contributed by atoms with Gasteiger partial charge in [-0.3, -0.25) is 10.1 Å². The normalized spacial score (nSPS) is 17.8. The number of nitrogens with one attached hydrogen (secondary N) is 1. The Balaban J connectivity index is 2.13. The lowest BCUT2D eigenvalue weighted by Crippen LogP contribution is -2.34. The fourth-order valence-electron chi connectivity index (χ4n) is 2.81. The Morgan fingerprint density at radius 3 is 2.75 bits per heavy atom. The highest BCUT2D eigenvalue weighted by molar-refractivity contribution is 5.45. The molecule has 2 unspecified atom stereocenters. The minimum Gasteiger partial charge on any atom is -0.396 e. The quantitative estimate of drug-likeness (QED) is 0.594. The van der Waals surface area contributed by atoms with E-state index in [1.165, 1.54) is 18.9 Å². The molecule has 0 bridgehead atoms. The molecule has 1 aromatic carbocycles. The summed E-state index contributed by atoms with van der Waals surface area (Å²) in [5.41, 5.74) is 1.85. The van der Waals surface area contributed by atoms with Gasteiger partial charge in [0.1, 0.15) is 0 Å². The zero-order valence-corrected chi connectivity index (χ0v) is 12.0. The maximum absolute atomic E-state index is 11.0. The van der Waals surface area contributed by atoms with E-state index in [4.69, 9.17) is 5.11 Å². The van der Waals surface area contributed by atoms with Gasteiger partial charge in [-0.25, -0.2) is 0 Å². The lowest BCUT2D eigenvalue weighted by Gasteiger charge is -2.24. The van der Waals surface area contributed by atoms with Gasteiger partial charge in [-0.05, 0) is 44.6 Å². The van der Waals surface area contributed by atoms with Gasteiger partial charge in [-0.2, -0.15) is 0 Å². The van der Waals surface area contributed by atoms with Crippen LogP contribution in [-0.4, -0.2) is 22.7 Å². The van der Waals surface area contributed by atoms with Crippen molar-refractivity contribution >= 4 is 5.69 Å². The van der Waals surface area contributed by atoms with Crippen LogP contribution in [0.25, 0.3) is 0 Å². The molecule has 0 radical (unpaired) electrons. The largest absolute Gasteiger partial charge is 0.396 e. The summed E-state index contributed by atoms with van der Waals surface area (Å²) in [5.74, 6) is 0.642. The zero-order chi connectivity index (χ0) is 14.7. The molecule has 1 aromatic rings. The summed E-state index contributed by atoms with van der Waals surface area (Å²) >= 11 is 0. The minimum atomic E-state index is -0.336. The van der Waals surface area contributed by atoms with Crippen molar-refractivity contribution in [1.29, 1.82) is 0 Å². The highest BCUT2D eigenvalue weighted by Gasteiger charge is 2.32. The standard InChI is InChI=1S/C15H22N2O3/c1-10-13(4-3-5-15(10)17(19)20)11(2)16-14(8-9-18)12-6-7-12/h3-5,11-12,14,16,18H,6-9H2,1-2H3. The van der Waals surface area contributed by atoms with Gasteiger partial charge in [0.05, 0.1) is 4.92 Å². The predicted molar refractivity (Wildman–Crippen MR) is 77.6 cm³/mol. The number of rotatable bonds is 7. The molecule has 2 rings (SSSR count). The zero-order valence-electron chi connectivity index (χ0n) is 12.0. The summed E-state index contributed by atoms with van der Waals surface area (Å²) in [5, 5.41) is 23.7. The number of hydrogen-bond acceptors (Lipinski definition) is 4. The van der Waals surface area contributed by atoms with Crippen molar-refractivity contribution in [2.24, 2.45) is 5.92 Å². The fourth-order valence-corrected chi connectivity index (χ4v) is 2.81. The molecule has 0 heterocycles. The number of hydrogen-bond donors (Lipinski definition) is 2. The van der Waals surface area contributed by atoms with Gasteiger partial charge in [-0.1, -0.05) is 12.1 Å². The molecule has 1 fully saturated rings. The molecule has 110 valence electrons. The average molecular weight is 278 g/mol. The molecule has 5 nitrogen and oxygen atoms in total. The molecule has 2 N–H and O–H groups in total. The van der Waals surface area contributed by atoms with Crippen LogP contribution in [0.3, 0.4) is 0 Å². The van der Waals surface area contributed by atoms with E-state index in [1.807, 2.05) is 13.0 Å². The summed E-state index contributed by atoms with van der Waals surface area (Å²) in [7, 11) is 0. The van der Waals surface area contributed by atoms with Crippen molar-refractivity contribution in [2.45, 2.75) is 45.2 Å². The van der Waals surface area contributed by atoms with Crippen molar-refractivity contribution in [3.63, 3.8) is 0 Å². The summed E-state index contributed by atoms with van der Waals surface area (Å²) in [6, 6.07) is 5.55. The van der Waals surface area contributed by atoms with Crippen LogP contribution < -0.4 is 5.32 Å². The van der Waals surface area contributed by atoms with Crippen LogP contribution in [0.1, 0.15) is 43.4 Å². The van der Waals surface area contributed by atoms with Gasteiger partial charge >= 0.3 is 0 Å². The third kappa shape index (κ3) is 3.35. The molecule has 5 heteroatoms. The lowest BCUT2D eigenvalue weighted by atomic mass is 9.99. The van der Waals surface area contributed by atoms with E-state index in [0.717, 1.165) is 17.5 Å². The number of nitro groups is 1. The molecule has 2 atom stereocenters. The Bertz CT molecular complexity index is 486. The highest BCUT2D eigenvalue weighted by Crippen LogP contribution is 2.35. The van der Waals surface area contributed by atoms with E-state index in [9.17, 15) is 10.1 Å². The Labute approximate surface area is 119 Å². The van der Waals surface area contributed by atoms with Crippen molar-refractivity contribution in [2.75, 3.05) is 6.61 Å². The van der Waals surface area contributed by atoms with Gasteiger partial charge in [0.2, 0.25) is 0 Å². The van der Waals surface area contributed by atoms with Gasteiger partial charge < -0.3 is 10.4 Å². The SMILES string of the molecule is Cc1c(C(C)NC(CCO)C2CC2)cccc1[N+](=O)[O-]. The topological polar surface area (TPSA) is 75.4 Å². The first-order valence-corrected chi connectivity index (χ1v) is 7.15. The highest BCUT2D eigenvalue weighted by atomic mass is 16.6. The van der Waals surface area contributed by atoms with Crippen LogP contribution in [0, 0.1) is 23.0 Å². The monoisotopic (exact) mass is 278 g/mol. The molecule has 0 aromatic heterocycles. The minimum absolute atomic E-state index is 0.0482. The third-order valence-corrected chi connectivity index (χ3v) is 4.11. The summed E-state index contributed by atoms with van der Waals surface area (Å²) in [6.45, 7) is 4.00. The van der Waals surface area contributed by atoms with Gasteiger partial charge in [0.25, 0.3) is 5.69 Å². The molecule has 1 aliphatic rings. The maximum Gasteiger partial charge on any atom is 0.272 e. The predicted octanol–water partition coefficient (Wildman–Crippen LogP) is 2.71. The number of nitrogens with zero attached hydrogens (tertiary/aromatic N) is 1. The Kier molecular flexibility index (Phi) is 4.73. The Morgan fingerprint density at radius 1 is 1.50 bits per heavy atom. The summed E-state index contributed by atoms with van der Waals surface area (Å²) in [6.07, 6.45) is 3.15. The van der Waals surface area contributed by atoms with E-state index in [-0.39, 0.29) is 23.3 Å². The molecule has 1 aliphatic carbocycles. The average Bonchev–Trinajstić information content (AvgIpc) is 3.22. The van der Waals surface area contributed by atoms with Crippen molar-refractivity contribution in [1.82, 2.24) is 5.32 Å². The second kappa shape index (κ2) is 6.33. The van der Waals surface area contributed by atoms with Gasteiger partial charge in [0, 0.05) is 30.3 Å². The number of aliphatic hydroxyl groups excluding tert-OH is 1. The van der Waals surface area contributed by atoms with E-state index in [2.05, 4.69) is 5.32 Å². The van der Waals surface area contributed by atoms with Crippen molar-refractivity contribution in [3.05, 3.63) is 39.4 Å². The summed E-state index contributed by atoms with van der Waals surface area (Å²) in [4.78, 5) is 10.7. The molecule has 0 amide bonds. The van der Waals surface area contributed by atoms with Gasteiger partial charge in [-0.15, -0.1) is 0 Å².